The summed E-state index contributed by atoms with van der Waals surface area (Å²) in [4.78, 5) is 3.93. The molecule has 0 saturated carbocycles. The summed E-state index contributed by atoms with van der Waals surface area (Å²) in [5.74, 6) is 5.56. The van der Waals surface area contributed by atoms with Crippen LogP contribution in [0.4, 0.5) is 0 Å². The smallest absolute Gasteiger partial charge is 0.260 e. The van der Waals surface area contributed by atoms with Crippen molar-refractivity contribution in [2.24, 2.45) is 11.3 Å². The van der Waals surface area contributed by atoms with E-state index in [1.54, 1.807) is 19.1 Å². The molecule has 7 heteroatoms. The Balaban J connectivity index is 3.02. The van der Waals surface area contributed by atoms with Gasteiger partial charge in [-0.1, -0.05) is 33.8 Å². The summed E-state index contributed by atoms with van der Waals surface area (Å²) in [6.45, 7) is 8.51. The minimum atomic E-state index is -3.59. The van der Waals surface area contributed by atoms with Crippen LogP contribution >= 0.6 is 0 Å². The molecule has 0 fully saturated rings. The summed E-state index contributed by atoms with van der Waals surface area (Å²) in [5, 5.41) is 0.0616. The number of pyridine rings is 1. The molecule has 1 atom stereocenters. The van der Waals surface area contributed by atoms with Gasteiger partial charge in [0.2, 0.25) is 0 Å². The van der Waals surface area contributed by atoms with Gasteiger partial charge in [0.1, 0.15) is 0 Å². The van der Waals surface area contributed by atoms with E-state index in [9.17, 15) is 8.42 Å². The predicted octanol–water partition coefficient (Wildman–Crippen LogP) is 0.970. The molecule has 0 amide bonds. The number of hydrogen-bond acceptors (Lipinski definition) is 5. The van der Waals surface area contributed by atoms with Crippen molar-refractivity contribution in [2.45, 2.75) is 38.8 Å². The van der Waals surface area contributed by atoms with Crippen molar-refractivity contribution in [3.63, 3.8) is 0 Å². The highest BCUT2D eigenvalue weighted by molar-refractivity contribution is 7.89. The van der Waals surface area contributed by atoms with E-state index < -0.39 is 10.0 Å². The SMILES string of the molecule is CCN(C[C@@H](NN)C(C)(C)C)S(=O)(=O)c1ccccn1. The first-order valence-corrected chi connectivity index (χ1v) is 8.04. The number of rotatable bonds is 6. The number of nitrogens with two attached hydrogens (primary N) is 1. The number of hydrogen-bond donors (Lipinski definition) is 2. The maximum absolute atomic E-state index is 12.5. The molecule has 20 heavy (non-hydrogen) atoms. The molecule has 0 spiro atoms. The van der Waals surface area contributed by atoms with E-state index in [0.29, 0.717) is 13.1 Å². The molecule has 0 aliphatic rings. The molecule has 0 saturated heterocycles. The van der Waals surface area contributed by atoms with Crippen LogP contribution in [0.5, 0.6) is 0 Å². The molecule has 0 aromatic carbocycles. The molecule has 0 bridgehead atoms. The zero-order chi connectivity index (χ0) is 15.4. The molecule has 1 aromatic heterocycles. The number of hydrazine groups is 1. The lowest BCUT2D eigenvalue weighted by Crippen LogP contribution is -2.52. The molecule has 1 aromatic rings. The van der Waals surface area contributed by atoms with Crippen LogP contribution in [0.2, 0.25) is 0 Å². The molecule has 1 heterocycles. The van der Waals surface area contributed by atoms with Gasteiger partial charge in [0.15, 0.2) is 5.03 Å². The van der Waals surface area contributed by atoms with Crippen LogP contribution in [0.25, 0.3) is 0 Å². The predicted molar refractivity (Wildman–Crippen MR) is 79.2 cm³/mol. The second-order valence-electron chi connectivity index (χ2n) is 5.71. The fourth-order valence-corrected chi connectivity index (χ4v) is 3.20. The average Bonchev–Trinajstić information content (AvgIpc) is 2.39. The summed E-state index contributed by atoms with van der Waals surface area (Å²) in [6.07, 6.45) is 1.48. The highest BCUT2D eigenvalue weighted by Crippen LogP contribution is 2.22. The standard InChI is InChI=1S/C13H24N4O2S/c1-5-17(10-11(16-14)13(2,3)4)20(18,19)12-8-6-7-9-15-12/h6-9,11,16H,5,10,14H2,1-4H3/t11-/m1/s1. The average molecular weight is 300 g/mol. The monoisotopic (exact) mass is 300 g/mol. The van der Waals surface area contributed by atoms with Crippen LogP contribution < -0.4 is 11.3 Å². The van der Waals surface area contributed by atoms with Crippen LogP contribution in [0.1, 0.15) is 27.7 Å². The van der Waals surface area contributed by atoms with Gasteiger partial charge in [-0.05, 0) is 17.5 Å². The largest absolute Gasteiger partial charge is 0.271 e. The molecule has 0 unspecified atom stereocenters. The lowest BCUT2D eigenvalue weighted by Gasteiger charge is -2.33. The zero-order valence-corrected chi connectivity index (χ0v) is 13.3. The molecule has 0 radical (unpaired) electrons. The van der Waals surface area contributed by atoms with Gasteiger partial charge >= 0.3 is 0 Å². The maximum atomic E-state index is 12.5. The van der Waals surface area contributed by atoms with E-state index in [-0.39, 0.29) is 16.5 Å². The Bertz CT molecular complexity index is 511. The zero-order valence-electron chi connectivity index (χ0n) is 12.5. The van der Waals surface area contributed by atoms with Crippen molar-refractivity contribution in [1.29, 1.82) is 0 Å². The first kappa shape index (κ1) is 17.0. The van der Waals surface area contributed by atoms with E-state index in [1.807, 2.05) is 20.8 Å². The molecular weight excluding hydrogens is 276 g/mol. The van der Waals surface area contributed by atoms with Gasteiger partial charge in [-0.25, -0.2) is 13.4 Å². The van der Waals surface area contributed by atoms with Crippen molar-refractivity contribution in [1.82, 2.24) is 14.7 Å². The van der Waals surface area contributed by atoms with Crippen LogP contribution in [0.15, 0.2) is 29.4 Å². The minimum absolute atomic E-state index is 0.0616. The van der Waals surface area contributed by atoms with E-state index in [0.717, 1.165) is 0 Å². The van der Waals surface area contributed by atoms with E-state index >= 15 is 0 Å². The van der Waals surface area contributed by atoms with Gasteiger partial charge in [0, 0.05) is 25.3 Å². The van der Waals surface area contributed by atoms with Gasteiger partial charge < -0.3 is 0 Å². The van der Waals surface area contributed by atoms with E-state index in [2.05, 4.69) is 10.4 Å². The third kappa shape index (κ3) is 3.99. The number of sulfonamides is 1. The summed E-state index contributed by atoms with van der Waals surface area (Å²) in [5.41, 5.74) is 2.55. The van der Waals surface area contributed by atoms with E-state index in [4.69, 9.17) is 5.84 Å². The molecular formula is C13H24N4O2S. The molecule has 0 aliphatic carbocycles. The van der Waals surface area contributed by atoms with Crippen molar-refractivity contribution in [2.75, 3.05) is 13.1 Å². The Labute approximate surface area is 121 Å². The fourth-order valence-electron chi connectivity index (χ4n) is 1.81. The Morgan fingerprint density at radius 1 is 1.40 bits per heavy atom. The number of aromatic nitrogens is 1. The Morgan fingerprint density at radius 3 is 2.45 bits per heavy atom. The molecule has 0 aliphatic heterocycles. The Kier molecular flexibility index (Phi) is 5.64. The van der Waals surface area contributed by atoms with Crippen LogP contribution in [0.3, 0.4) is 0 Å². The minimum Gasteiger partial charge on any atom is -0.271 e. The van der Waals surface area contributed by atoms with Crippen molar-refractivity contribution < 1.29 is 8.42 Å². The third-order valence-corrected chi connectivity index (χ3v) is 5.08. The van der Waals surface area contributed by atoms with Crippen molar-refractivity contribution in [3.05, 3.63) is 24.4 Å². The van der Waals surface area contributed by atoms with Crippen LogP contribution in [-0.4, -0.2) is 36.8 Å². The lowest BCUT2D eigenvalue weighted by atomic mass is 9.87. The van der Waals surface area contributed by atoms with Gasteiger partial charge in [-0.15, -0.1) is 0 Å². The molecule has 6 nitrogen and oxygen atoms in total. The highest BCUT2D eigenvalue weighted by Gasteiger charge is 2.31. The van der Waals surface area contributed by atoms with Gasteiger partial charge in [0.05, 0.1) is 0 Å². The second-order valence-corrected chi connectivity index (χ2v) is 7.59. The van der Waals surface area contributed by atoms with Gasteiger partial charge in [-0.3, -0.25) is 11.3 Å². The van der Waals surface area contributed by atoms with Crippen molar-refractivity contribution in [3.8, 4) is 0 Å². The van der Waals surface area contributed by atoms with Gasteiger partial charge in [-0.2, -0.15) is 4.31 Å². The first-order chi connectivity index (χ1) is 9.23. The van der Waals surface area contributed by atoms with Gasteiger partial charge in [0.25, 0.3) is 10.0 Å². The second kappa shape index (κ2) is 6.62. The Hall–Kier alpha value is -1.02. The Morgan fingerprint density at radius 2 is 2.05 bits per heavy atom. The third-order valence-electron chi connectivity index (χ3n) is 3.23. The summed E-state index contributed by atoms with van der Waals surface area (Å²) >= 11 is 0. The highest BCUT2D eigenvalue weighted by atomic mass is 32.2. The molecule has 114 valence electrons. The van der Waals surface area contributed by atoms with Crippen LogP contribution in [0, 0.1) is 5.41 Å². The van der Waals surface area contributed by atoms with E-state index in [1.165, 1.54) is 16.6 Å². The summed E-state index contributed by atoms with van der Waals surface area (Å²) < 4.78 is 26.5. The maximum Gasteiger partial charge on any atom is 0.260 e. The summed E-state index contributed by atoms with van der Waals surface area (Å²) in [7, 11) is -3.59. The quantitative estimate of drug-likeness (QED) is 0.604. The fraction of sp³-hybridized carbons (Fsp3) is 0.615. The normalized spacial score (nSPS) is 14.5. The number of likely N-dealkylation sites (N-methyl/N-ethyl adjacent to an activating group) is 1. The number of nitrogens with one attached hydrogen (secondary N) is 1. The van der Waals surface area contributed by atoms with Crippen LogP contribution in [-0.2, 0) is 10.0 Å². The first-order valence-electron chi connectivity index (χ1n) is 6.60. The lowest BCUT2D eigenvalue weighted by molar-refractivity contribution is 0.228. The molecule has 1 rings (SSSR count). The topological polar surface area (TPSA) is 88.3 Å². The summed E-state index contributed by atoms with van der Waals surface area (Å²) in [6, 6.07) is 4.70. The number of nitrogens with zero attached hydrogens (tertiary/aromatic N) is 2. The van der Waals surface area contributed by atoms with Crippen molar-refractivity contribution >= 4 is 10.0 Å². The molecule has 3 N–H and O–H groups in total.